The Kier molecular flexibility index (Phi) is 5.32. The van der Waals surface area contributed by atoms with Crippen LogP contribution in [0, 0.1) is 0 Å². The standard InChI is InChI=1S/C7H15NO/c1-7(2)8-5-4-6-9-3/h8H,1,4-6H2,2-3H3. The zero-order chi connectivity index (χ0) is 7.11. The number of hydrogen-bond acceptors (Lipinski definition) is 2. The number of nitrogens with one attached hydrogen (secondary N) is 1. The molecule has 54 valence electrons. The Bertz CT molecular complexity index is 81.0. The Morgan fingerprint density at radius 1 is 1.67 bits per heavy atom. The number of allylic oxidation sites excluding steroid dienone is 1. The number of rotatable bonds is 5. The van der Waals surface area contributed by atoms with Crippen molar-refractivity contribution in [3.63, 3.8) is 0 Å². The molecule has 2 heteroatoms. The molecule has 0 spiro atoms. The molecule has 0 aromatic rings. The van der Waals surface area contributed by atoms with Gasteiger partial charge in [0.15, 0.2) is 0 Å². The third-order valence-corrected chi connectivity index (χ3v) is 0.952. The summed E-state index contributed by atoms with van der Waals surface area (Å²) in [6.07, 6.45) is 1.04. The van der Waals surface area contributed by atoms with Gasteiger partial charge in [0.2, 0.25) is 0 Å². The van der Waals surface area contributed by atoms with Crippen molar-refractivity contribution >= 4 is 0 Å². The second-order valence-electron chi connectivity index (χ2n) is 2.05. The van der Waals surface area contributed by atoms with Gasteiger partial charge >= 0.3 is 0 Å². The molecule has 0 saturated heterocycles. The summed E-state index contributed by atoms with van der Waals surface area (Å²) in [6, 6.07) is 0. The average molecular weight is 129 g/mol. The van der Waals surface area contributed by atoms with Gasteiger partial charge in [-0.1, -0.05) is 6.58 Å². The van der Waals surface area contributed by atoms with E-state index in [0.717, 1.165) is 25.3 Å². The van der Waals surface area contributed by atoms with Crippen molar-refractivity contribution in [1.82, 2.24) is 5.32 Å². The fourth-order valence-corrected chi connectivity index (χ4v) is 0.518. The zero-order valence-corrected chi connectivity index (χ0v) is 6.24. The third-order valence-electron chi connectivity index (χ3n) is 0.952. The van der Waals surface area contributed by atoms with Gasteiger partial charge in [0.1, 0.15) is 0 Å². The van der Waals surface area contributed by atoms with Crippen LogP contribution in [0.4, 0.5) is 0 Å². The minimum atomic E-state index is 0.820. The summed E-state index contributed by atoms with van der Waals surface area (Å²) in [6.45, 7) is 7.43. The summed E-state index contributed by atoms with van der Waals surface area (Å²) in [5.74, 6) is 0. The van der Waals surface area contributed by atoms with E-state index in [0.29, 0.717) is 0 Å². The molecule has 0 aliphatic carbocycles. The van der Waals surface area contributed by atoms with Crippen LogP contribution in [-0.2, 0) is 4.74 Å². The van der Waals surface area contributed by atoms with Crippen LogP contribution in [0.5, 0.6) is 0 Å². The van der Waals surface area contributed by atoms with Gasteiger partial charge in [0, 0.05) is 26.0 Å². The first-order valence-corrected chi connectivity index (χ1v) is 3.15. The lowest BCUT2D eigenvalue weighted by Crippen LogP contribution is -2.13. The highest BCUT2D eigenvalue weighted by Gasteiger charge is 1.83. The van der Waals surface area contributed by atoms with Gasteiger partial charge < -0.3 is 10.1 Å². The van der Waals surface area contributed by atoms with E-state index in [1.165, 1.54) is 0 Å². The van der Waals surface area contributed by atoms with Crippen molar-refractivity contribution in [1.29, 1.82) is 0 Å². The van der Waals surface area contributed by atoms with E-state index in [-0.39, 0.29) is 0 Å². The topological polar surface area (TPSA) is 21.3 Å². The highest BCUT2D eigenvalue weighted by Crippen LogP contribution is 1.81. The maximum absolute atomic E-state index is 4.85. The number of hydrogen-bond donors (Lipinski definition) is 1. The van der Waals surface area contributed by atoms with Gasteiger partial charge in [-0.3, -0.25) is 0 Å². The van der Waals surface area contributed by atoms with Gasteiger partial charge in [0.25, 0.3) is 0 Å². The summed E-state index contributed by atoms with van der Waals surface area (Å²) < 4.78 is 4.85. The zero-order valence-electron chi connectivity index (χ0n) is 6.24. The monoisotopic (exact) mass is 129 g/mol. The van der Waals surface area contributed by atoms with Crippen molar-refractivity contribution in [2.75, 3.05) is 20.3 Å². The molecule has 0 aliphatic rings. The Morgan fingerprint density at radius 3 is 2.78 bits per heavy atom. The highest BCUT2D eigenvalue weighted by molar-refractivity contribution is 4.83. The first-order chi connectivity index (χ1) is 4.27. The molecule has 0 radical (unpaired) electrons. The second-order valence-corrected chi connectivity index (χ2v) is 2.05. The van der Waals surface area contributed by atoms with E-state index in [4.69, 9.17) is 4.74 Å². The van der Waals surface area contributed by atoms with E-state index in [1.54, 1.807) is 7.11 Å². The van der Waals surface area contributed by atoms with Crippen molar-refractivity contribution in [2.24, 2.45) is 0 Å². The second kappa shape index (κ2) is 5.63. The van der Waals surface area contributed by atoms with Crippen molar-refractivity contribution < 1.29 is 4.74 Å². The Balaban J connectivity index is 2.83. The van der Waals surface area contributed by atoms with Crippen LogP contribution in [0.1, 0.15) is 13.3 Å². The molecule has 0 amide bonds. The lowest BCUT2D eigenvalue weighted by Gasteiger charge is -2.02. The molecule has 0 aromatic carbocycles. The molecule has 0 heterocycles. The maximum atomic E-state index is 4.85. The van der Waals surface area contributed by atoms with Gasteiger partial charge in [0.05, 0.1) is 0 Å². The molecular weight excluding hydrogens is 114 g/mol. The predicted octanol–water partition coefficient (Wildman–Crippen LogP) is 1.15. The molecule has 2 nitrogen and oxygen atoms in total. The van der Waals surface area contributed by atoms with E-state index < -0.39 is 0 Å². The molecule has 0 rings (SSSR count). The molecule has 1 N–H and O–H groups in total. The highest BCUT2D eigenvalue weighted by atomic mass is 16.5. The Hall–Kier alpha value is -0.500. The van der Waals surface area contributed by atoms with Crippen molar-refractivity contribution in [3.05, 3.63) is 12.3 Å². The van der Waals surface area contributed by atoms with E-state index in [2.05, 4.69) is 11.9 Å². The molecule has 0 unspecified atom stereocenters. The van der Waals surface area contributed by atoms with Crippen LogP contribution >= 0.6 is 0 Å². The van der Waals surface area contributed by atoms with E-state index >= 15 is 0 Å². The first kappa shape index (κ1) is 8.50. The molecule has 0 aromatic heterocycles. The number of methoxy groups -OCH3 is 1. The maximum Gasteiger partial charge on any atom is 0.0479 e. The molecule has 0 aliphatic heterocycles. The summed E-state index contributed by atoms with van der Waals surface area (Å²) >= 11 is 0. The predicted molar refractivity (Wildman–Crippen MR) is 39.3 cm³/mol. The largest absolute Gasteiger partial charge is 0.389 e. The minimum Gasteiger partial charge on any atom is -0.389 e. The quantitative estimate of drug-likeness (QED) is 0.562. The molecule has 0 fully saturated rings. The minimum absolute atomic E-state index is 0.820. The Morgan fingerprint density at radius 2 is 2.33 bits per heavy atom. The van der Waals surface area contributed by atoms with E-state index in [1.807, 2.05) is 6.92 Å². The molecule has 9 heavy (non-hydrogen) atoms. The van der Waals surface area contributed by atoms with Crippen molar-refractivity contribution in [2.45, 2.75) is 13.3 Å². The lowest BCUT2D eigenvalue weighted by molar-refractivity contribution is 0.195. The van der Waals surface area contributed by atoms with Crippen LogP contribution in [0.25, 0.3) is 0 Å². The fourth-order valence-electron chi connectivity index (χ4n) is 0.518. The van der Waals surface area contributed by atoms with Gasteiger partial charge in [-0.25, -0.2) is 0 Å². The van der Waals surface area contributed by atoms with Crippen LogP contribution < -0.4 is 5.32 Å². The normalized spacial score (nSPS) is 9.11. The third kappa shape index (κ3) is 7.50. The summed E-state index contributed by atoms with van der Waals surface area (Å²) in [5, 5.41) is 3.11. The molecule has 0 bridgehead atoms. The van der Waals surface area contributed by atoms with Crippen LogP contribution in [0.15, 0.2) is 12.3 Å². The van der Waals surface area contributed by atoms with Gasteiger partial charge in [-0.2, -0.15) is 0 Å². The van der Waals surface area contributed by atoms with Gasteiger partial charge in [-0.05, 0) is 13.3 Å². The Labute approximate surface area is 56.9 Å². The summed E-state index contributed by atoms with van der Waals surface area (Å²) in [4.78, 5) is 0. The smallest absolute Gasteiger partial charge is 0.0479 e. The summed E-state index contributed by atoms with van der Waals surface area (Å²) in [5.41, 5.74) is 1.02. The number of ether oxygens (including phenoxy) is 1. The van der Waals surface area contributed by atoms with Crippen LogP contribution in [-0.4, -0.2) is 20.3 Å². The van der Waals surface area contributed by atoms with Crippen LogP contribution in [0.2, 0.25) is 0 Å². The van der Waals surface area contributed by atoms with Crippen LogP contribution in [0.3, 0.4) is 0 Å². The average Bonchev–Trinajstić information content (AvgIpc) is 1.80. The van der Waals surface area contributed by atoms with Gasteiger partial charge in [-0.15, -0.1) is 0 Å². The molecular formula is C7H15NO. The molecule has 0 saturated carbocycles. The SMILES string of the molecule is C=C(C)NCCCOC. The lowest BCUT2D eigenvalue weighted by atomic mass is 10.4. The molecule has 0 atom stereocenters. The van der Waals surface area contributed by atoms with E-state index in [9.17, 15) is 0 Å². The van der Waals surface area contributed by atoms with Crippen molar-refractivity contribution in [3.8, 4) is 0 Å². The first-order valence-electron chi connectivity index (χ1n) is 3.15. The fraction of sp³-hybridized carbons (Fsp3) is 0.714. The summed E-state index contributed by atoms with van der Waals surface area (Å²) in [7, 11) is 1.71.